The maximum absolute atomic E-state index is 11.8. The number of hydrogen-bond acceptors (Lipinski definition) is 5. The molecule has 0 aliphatic carbocycles. The molecule has 0 aliphatic heterocycles. The van der Waals surface area contributed by atoms with Crippen LogP contribution in [0.2, 0.25) is 0 Å². The van der Waals surface area contributed by atoms with E-state index in [0.717, 1.165) is 12.0 Å². The van der Waals surface area contributed by atoms with Crippen LogP contribution in [0.1, 0.15) is 31.4 Å². The van der Waals surface area contributed by atoms with Crippen LogP contribution in [0.5, 0.6) is 0 Å². The number of aromatic nitrogens is 1. The Morgan fingerprint density at radius 1 is 1.40 bits per heavy atom. The van der Waals surface area contributed by atoms with Gasteiger partial charge in [-0.2, -0.15) is 0 Å². The summed E-state index contributed by atoms with van der Waals surface area (Å²) < 4.78 is 9.92. The summed E-state index contributed by atoms with van der Waals surface area (Å²) in [5.41, 5.74) is 1.60. The number of rotatable bonds is 6. The van der Waals surface area contributed by atoms with Gasteiger partial charge in [-0.3, -0.25) is 4.79 Å². The topological polar surface area (TPSA) is 72.6 Å². The van der Waals surface area contributed by atoms with Gasteiger partial charge in [0.1, 0.15) is 11.6 Å². The van der Waals surface area contributed by atoms with Crippen molar-refractivity contribution in [2.24, 2.45) is 0 Å². The fourth-order valence-corrected chi connectivity index (χ4v) is 2.03. The highest BCUT2D eigenvalue weighted by Crippen LogP contribution is 2.27. The van der Waals surface area contributed by atoms with E-state index in [0.29, 0.717) is 17.9 Å². The van der Waals surface area contributed by atoms with Gasteiger partial charge < -0.3 is 14.4 Å². The minimum absolute atomic E-state index is 0.462. The van der Waals surface area contributed by atoms with Crippen molar-refractivity contribution in [2.45, 2.75) is 25.7 Å². The third kappa shape index (κ3) is 3.24. The van der Waals surface area contributed by atoms with Gasteiger partial charge in [0.05, 0.1) is 0 Å². The number of esters is 1. The van der Waals surface area contributed by atoms with Gasteiger partial charge in [0, 0.05) is 11.6 Å². The van der Waals surface area contributed by atoms with Gasteiger partial charge in [0.15, 0.2) is 12.6 Å². The number of benzene rings is 1. The Morgan fingerprint density at radius 2 is 2.15 bits per heavy atom. The van der Waals surface area contributed by atoms with Crippen molar-refractivity contribution < 1.29 is 19.2 Å². The number of hydrogen-bond donors (Lipinski definition) is 1. The average Bonchev–Trinajstić information content (AvgIpc) is 2.95. The first kappa shape index (κ1) is 14.3. The predicted octanol–water partition coefficient (Wildman–Crippen LogP) is 2.72. The lowest BCUT2D eigenvalue weighted by Crippen LogP contribution is -2.16. The first-order valence-electron chi connectivity index (χ1n) is 6.55. The number of carbonyl (C=O) groups excluding carboxylic acids is 1. The van der Waals surface area contributed by atoms with Crippen molar-refractivity contribution in [1.29, 1.82) is 0 Å². The maximum atomic E-state index is 11.8. The second-order valence-electron chi connectivity index (χ2n) is 4.41. The fraction of sp³-hybridized carbons (Fsp3) is 0.333. The van der Waals surface area contributed by atoms with Crippen LogP contribution in [-0.2, 0) is 9.53 Å². The standard InChI is InChI=1S/C15H17NO4/c1-2-6-12(15(18)19-10-17)14-9-13(16-20-14)11-7-4-3-5-8-11/h3-5,7-9,12,17H,2,6,10H2,1H3. The summed E-state index contributed by atoms with van der Waals surface area (Å²) in [5.74, 6) is -0.564. The molecule has 0 amide bonds. The summed E-state index contributed by atoms with van der Waals surface area (Å²) in [6, 6.07) is 11.3. The van der Waals surface area contributed by atoms with Crippen molar-refractivity contribution in [3.63, 3.8) is 0 Å². The summed E-state index contributed by atoms with van der Waals surface area (Å²) >= 11 is 0. The monoisotopic (exact) mass is 275 g/mol. The number of aliphatic hydroxyl groups excluding tert-OH is 1. The third-order valence-corrected chi connectivity index (χ3v) is 3.01. The second kappa shape index (κ2) is 6.86. The lowest BCUT2D eigenvalue weighted by molar-refractivity contribution is -0.154. The highest BCUT2D eigenvalue weighted by molar-refractivity contribution is 5.77. The Hall–Kier alpha value is -2.14. The Balaban J connectivity index is 2.23. The molecule has 0 radical (unpaired) electrons. The van der Waals surface area contributed by atoms with Crippen LogP contribution in [0.15, 0.2) is 40.9 Å². The minimum atomic E-state index is -0.626. The van der Waals surface area contributed by atoms with E-state index in [1.165, 1.54) is 0 Å². The van der Waals surface area contributed by atoms with E-state index < -0.39 is 18.7 Å². The van der Waals surface area contributed by atoms with E-state index >= 15 is 0 Å². The van der Waals surface area contributed by atoms with Gasteiger partial charge in [0.2, 0.25) is 0 Å². The predicted molar refractivity (Wildman–Crippen MR) is 72.8 cm³/mol. The lowest BCUT2D eigenvalue weighted by atomic mass is 10.00. The molecule has 1 unspecified atom stereocenters. The van der Waals surface area contributed by atoms with Crippen molar-refractivity contribution in [2.75, 3.05) is 6.79 Å². The molecule has 106 valence electrons. The van der Waals surface area contributed by atoms with Gasteiger partial charge in [-0.25, -0.2) is 0 Å². The van der Waals surface area contributed by atoms with E-state index in [4.69, 9.17) is 9.63 Å². The van der Waals surface area contributed by atoms with E-state index in [9.17, 15) is 4.79 Å². The van der Waals surface area contributed by atoms with Gasteiger partial charge in [-0.15, -0.1) is 0 Å². The Bertz CT molecular complexity index is 550. The van der Waals surface area contributed by atoms with Crippen molar-refractivity contribution in [3.8, 4) is 11.3 Å². The zero-order valence-electron chi connectivity index (χ0n) is 11.3. The van der Waals surface area contributed by atoms with Crippen LogP contribution in [0.4, 0.5) is 0 Å². The number of nitrogens with zero attached hydrogens (tertiary/aromatic N) is 1. The lowest BCUT2D eigenvalue weighted by Gasteiger charge is -2.10. The molecule has 0 fully saturated rings. The Labute approximate surface area is 117 Å². The minimum Gasteiger partial charge on any atom is -0.438 e. The fourth-order valence-electron chi connectivity index (χ4n) is 2.03. The molecule has 2 aromatic rings. The molecule has 20 heavy (non-hydrogen) atoms. The largest absolute Gasteiger partial charge is 0.438 e. The first-order chi connectivity index (χ1) is 9.76. The van der Waals surface area contributed by atoms with Crippen LogP contribution in [0.25, 0.3) is 11.3 Å². The molecule has 1 N–H and O–H groups in total. The Morgan fingerprint density at radius 3 is 2.80 bits per heavy atom. The summed E-state index contributed by atoms with van der Waals surface area (Å²) in [5, 5.41) is 12.7. The SMILES string of the molecule is CCCC(C(=O)OCO)c1cc(-c2ccccc2)no1. The second-order valence-corrected chi connectivity index (χ2v) is 4.41. The van der Waals surface area contributed by atoms with Crippen LogP contribution in [0.3, 0.4) is 0 Å². The molecule has 2 rings (SSSR count). The van der Waals surface area contributed by atoms with Gasteiger partial charge >= 0.3 is 5.97 Å². The van der Waals surface area contributed by atoms with E-state index in [1.807, 2.05) is 37.3 Å². The molecule has 5 heteroatoms. The summed E-state index contributed by atoms with van der Waals surface area (Å²) in [4.78, 5) is 11.8. The van der Waals surface area contributed by atoms with Gasteiger partial charge in [-0.05, 0) is 6.42 Å². The van der Waals surface area contributed by atoms with Crippen LogP contribution in [0, 0.1) is 0 Å². The van der Waals surface area contributed by atoms with Gasteiger partial charge in [0.25, 0.3) is 0 Å². The molecule has 5 nitrogen and oxygen atoms in total. The van der Waals surface area contributed by atoms with E-state index in [1.54, 1.807) is 6.07 Å². The van der Waals surface area contributed by atoms with Crippen molar-refractivity contribution >= 4 is 5.97 Å². The average molecular weight is 275 g/mol. The molecule has 0 bridgehead atoms. The molecular weight excluding hydrogens is 258 g/mol. The normalized spacial score (nSPS) is 12.1. The molecule has 1 atom stereocenters. The van der Waals surface area contributed by atoms with Crippen molar-refractivity contribution in [1.82, 2.24) is 5.16 Å². The number of aliphatic hydroxyl groups is 1. The van der Waals surface area contributed by atoms with Crippen LogP contribution < -0.4 is 0 Å². The molecule has 0 aliphatic rings. The molecule has 1 aromatic heterocycles. The van der Waals surface area contributed by atoms with E-state index in [2.05, 4.69) is 9.89 Å². The highest BCUT2D eigenvalue weighted by atomic mass is 16.6. The van der Waals surface area contributed by atoms with E-state index in [-0.39, 0.29) is 0 Å². The molecule has 1 heterocycles. The quantitative estimate of drug-likeness (QED) is 0.648. The number of ether oxygens (including phenoxy) is 1. The molecular formula is C15H17NO4. The molecule has 0 saturated heterocycles. The number of carbonyl (C=O) groups is 1. The zero-order chi connectivity index (χ0) is 14.4. The van der Waals surface area contributed by atoms with Crippen molar-refractivity contribution in [3.05, 3.63) is 42.2 Å². The third-order valence-electron chi connectivity index (χ3n) is 3.01. The smallest absolute Gasteiger partial charge is 0.318 e. The summed E-state index contributed by atoms with van der Waals surface area (Å²) in [6.07, 6.45) is 1.38. The first-order valence-corrected chi connectivity index (χ1v) is 6.55. The maximum Gasteiger partial charge on any atom is 0.318 e. The summed E-state index contributed by atoms with van der Waals surface area (Å²) in [6.45, 7) is 1.34. The molecule has 0 spiro atoms. The molecule has 0 saturated carbocycles. The van der Waals surface area contributed by atoms with Crippen LogP contribution in [-0.4, -0.2) is 23.0 Å². The molecule has 1 aromatic carbocycles. The Kier molecular flexibility index (Phi) is 4.90. The zero-order valence-corrected chi connectivity index (χ0v) is 11.3. The van der Waals surface area contributed by atoms with Gasteiger partial charge in [-0.1, -0.05) is 48.8 Å². The highest BCUT2D eigenvalue weighted by Gasteiger charge is 2.25. The summed E-state index contributed by atoms with van der Waals surface area (Å²) in [7, 11) is 0. The van der Waals surface area contributed by atoms with Crippen LogP contribution >= 0.6 is 0 Å².